The molecule has 0 heterocycles. The van der Waals surface area contributed by atoms with Gasteiger partial charge in [-0.1, -0.05) is 30.3 Å². The first-order chi connectivity index (χ1) is 11.5. The zero-order valence-corrected chi connectivity index (χ0v) is 13.0. The third-order valence-electron chi connectivity index (χ3n) is 2.87. The van der Waals surface area contributed by atoms with E-state index in [1.807, 2.05) is 30.3 Å². The highest BCUT2D eigenvalue weighted by Crippen LogP contribution is 2.21. The Morgan fingerprint density at radius 3 is 2.58 bits per heavy atom. The number of halogens is 1. The predicted octanol–water partition coefficient (Wildman–Crippen LogP) is 3.26. The molecule has 0 radical (unpaired) electrons. The van der Waals surface area contributed by atoms with Gasteiger partial charge < -0.3 is 5.32 Å². The first-order valence-corrected chi connectivity index (χ1v) is 7.15. The Morgan fingerprint density at radius 1 is 1.21 bits per heavy atom. The van der Waals surface area contributed by atoms with E-state index in [9.17, 15) is 19.3 Å². The van der Waals surface area contributed by atoms with Crippen LogP contribution in [0.2, 0.25) is 0 Å². The van der Waals surface area contributed by atoms with Gasteiger partial charge >= 0.3 is 0 Å². The number of hydrogen-bond acceptors (Lipinski definition) is 4. The Bertz CT molecular complexity index is 809. The second kappa shape index (κ2) is 7.93. The van der Waals surface area contributed by atoms with E-state index in [1.54, 1.807) is 6.08 Å². The van der Waals surface area contributed by atoms with Crippen molar-refractivity contribution in [3.8, 4) is 0 Å². The van der Waals surface area contributed by atoms with Gasteiger partial charge in [0.2, 0.25) is 5.91 Å². The summed E-state index contributed by atoms with van der Waals surface area (Å²) >= 11 is 4.90. The van der Waals surface area contributed by atoms with Gasteiger partial charge in [-0.3, -0.25) is 20.2 Å². The lowest BCUT2D eigenvalue weighted by Gasteiger charge is -2.08. The van der Waals surface area contributed by atoms with Crippen LogP contribution < -0.4 is 10.6 Å². The van der Waals surface area contributed by atoms with Gasteiger partial charge in [0.15, 0.2) is 5.11 Å². The van der Waals surface area contributed by atoms with Crippen molar-refractivity contribution in [2.24, 2.45) is 0 Å². The van der Waals surface area contributed by atoms with Crippen molar-refractivity contribution in [2.75, 3.05) is 5.32 Å². The number of thiocarbonyl (C=S) groups is 1. The molecule has 1 amide bonds. The van der Waals surface area contributed by atoms with E-state index < -0.39 is 16.6 Å². The maximum Gasteiger partial charge on any atom is 0.271 e. The molecule has 0 aliphatic carbocycles. The van der Waals surface area contributed by atoms with E-state index in [2.05, 4.69) is 10.6 Å². The minimum atomic E-state index is -0.725. The number of hydrogen-bond donors (Lipinski definition) is 2. The summed E-state index contributed by atoms with van der Waals surface area (Å²) in [6.07, 6.45) is 2.86. The number of amides is 1. The van der Waals surface area contributed by atoms with Gasteiger partial charge in [-0.25, -0.2) is 4.39 Å². The molecule has 0 spiro atoms. The summed E-state index contributed by atoms with van der Waals surface area (Å²) in [5.74, 6) is -1.24. The van der Waals surface area contributed by atoms with Crippen molar-refractivity contribution in [1.82, 2.24) is 5.32 Å². The Kier molecular flexibility index (Phi) is 5.69. The van der Waals surface area contributed by atoms with Gasteiger partial charge in [-0.2, -0.15) is 0 Å². The largest absolute Gasteiger partial charge is 0.330 e. The van der Waals surface area contributed by atoms with Crippen LogP contribution in [0.15, 0.2) is 54.6 Å². The van der Waals surface area contributed by atoms with Crippen LogP contribution in [0.25, 0.3) is 6.08 Å². The first-order valence-electron chi connectivity index (χ1n) is 6.75. The number of carbonyl (C=O) groups is 1. The molecule has 0 atom stereocenters. The van der Waals surface area contributed by atoms with Crippen LogP contribution in [0.1, 0.15) is 5.56 Å². The molecule has 0 saturated carbocycles. The van der Waals surface area contributed by atoms with Crippen molar-refractivity contribution in [1.29, 1.82) is 0 Å². The molecule has 2 N–H and O–H groups in total. The van der Waals surface area contributed by atoms with Crippen molar-refractivity contribution in [3.05, 3.63) is 76.1 Å². The minimum Gasteiger partial charge on any atom is -0.330 e. The zero-order valence-electron chi connectivity index (χ0n) is 12.2. The van der Waals surface area contributed by atoms with Gasteiger partial charge in [0.1, 0.15) is 5.82 Å². The van der Waals surface area contributed by atoms with Crippen LogP contribution in [0.5, 0.6) is 0 Å². The number of benzene rings is 2. The molecule has 0 fully saturated rings. The number of rotatable bonds is 4. The van der Waals surface area contributed by atoms with Gasteiger partial charge in [0.25, 0.3) is 5.69 Å². The van der Waals surface area contributed by atoms with Crippen LogP contribution >= 0.6 is 12.2 Å². The maximum absolute atomic E-state index is 13.6. The average molecular weight is 345 g/mol. The van der Waals surface area contributed by atoms with E-state index in [-0.39, 0.29) is 16.5 Å². The van der Waals surface area contributed by atoms with Crippen LogP contribution in [0.4, 0.5) is 15.8 Å². The van der Waals surface area contributed by atoms with Gasteiger partial charge in [0, 0.05) is 18.2 Å². The SMILES string of the molecule is O=C(C=Cc1ccccc1)NC(=S)Nc1cc([N+](=O)[O-])ccc1F. The highest BCUT2D eigenvalue weighted by atomic mass is 32.1. The predicted molar refractivity (Wildman–Crippen MR) is 92.9 cm³/mol. The van der Waals surface area contributed by atoms with E-state index >= 15 is 0 Å². The van der Waals surface area contributed by atoms with E-state index in [4.69, 9.17) is 12.2 Å². The molecule has 8 heteroatoms. The standard InChI is InChI=1S/C16H12FN3O3S/c17-13-8-7-12(20(22)23)10-14(13)18-16(24)19-15(21)9-6-11-4-2-1-3-5-11/h1-10H,(H2,18,19,21,24). The lowest BCUT2D eigenvalue weighted by atomic mass is 10.2. The molecule has 0 aliphatic heterocycles. The number of nitro groups is 1. The first kappa shape index (κ1) is 17.2. The average Bonchev–Trinajstić information content (AvgIpc) is 2.55. The quantitative estimate of drug-likeness (QED) is 0.385. The third kappa shape index (κ3) is 4.96. The topological polar surface area (TPSA) is 84.3 Å². The summed E-state index contributed by atoms with van der Waals surface area (Å²) in [4.78, 5) is 21.8. The van der Waals surface area contributed by atoms with Crippen LogP contribution in [-0.4, -0.2) is 15.9 Å². The molecule has 2 aromatic carbocycles. The zero-order chi connectivity index (χ0) is 17.5. The second-order valence-electron chi connectivity index (χ2n) is 4.61. The Labute approximate surface area is 142 Å². The minimum absolute atomic E-state index is 0.169. The summed E-state index contributed by atoms with van der Waals surface area (Å²) in [6, 6.07) is 12.1. The molecule has 2 rings (SSSR count). The fraction of sp³-hybridized carbons (Fsp3) is 0. The molecule has 24 heavy (non-hydrogen) atoms. The van der Waals surface area contributed by atoms with E-state index in [1.165, 1.54) is 6.08 Å². The molecule has 2 aromatic rings. The lowest BCUT2D eigenvalue weighted by Crippen LogP contribution is -2.33. The van der Waals surface area contributed by atoms with Gasteiger partial charge in [0.05, 0.1) is 10.6 Å². The third-order valence-corrected chi connectivity index (χ3v) is 3.08. The molecule has 122 valence electrons. The summed E-state index contributed by atoms with van der Waals surface area (Å²) in [5.41, 5.74) is 0.342. The summed E-state index contributed by atoms with van der Waals surface area (Å²) in [6.45, 7) is 0. The summed E-state index contributed by atoms with van der Waals surface area (Å²) < 4.78 is 13.6. The summed E-state index contributed by atoms with van der Waals surface area (Å²) in [5, 5.41) is 15.3. The highest BCUT2D eigenvalue weighted by Gasteiger charge is 2.12. The van der Waals surface area contributed by atoms with Gasteiger partial charge in [-0.15, -0.1) is 0 Å². The van der Waals surface area contributed by atoms with Crippen molar-refractivity contribution < 1.29 is 14.1 Å². The van der Waals surface area contributed by atoms with E-state index in [0.29, 0.717) is 0 Å². The lowest BCUT2D eigenvalue weighted by molar-refractivity contribution is -0.384. The molecule has 0 saturated heterocycles. The molecular formula is C16H12FN3O3S. The molecule has 6 nitrogen and oxygen atoms in total. The summed E-state index contributed by atoms with van der Waals surface area (Å²) in [7, 11) is 0. The Balaban J connectivity index is 1.98. The molecular weight excluding hydrogens is 333 g/mol. The second-order valence-corrected chi connectivity index (χ2v) is 5.02. The normalized spacial score (nSPS) is 10.4. The number of carbonyl (C=O) groups excluding carboxylic acids is 1. The highest BCUT2D eigenvalue weighted by molar-refractivity contribution is 7.80. The molecule has 0 aliphatic rings. The molecule has 0 aromatic heterocycles. The fourth-order valence-electron chi connectivity index (χ4n) is 1.77. The number of non-ortho nitro benzene ring substituents is 1. The molecule has 0 bridgehead atoms. The fourth-order valence-corrected chi connectivity index (χ4v) is 1.98. The smallest absolute Gasteiger partial charge is 0.271 e. The monoisotopic (exact) mass is 345 g/mol. The Hall–Kier alpha value is -3.13. The number of nitrogens with one attached hydrogen (secondary N) is 2. The number of nitro benzene ring substituents is 1. The van der Waals surface area contributed by atoms with Crippen molar-refractivity contribution in [2.45, 2.75) is 0 Å². The van der Waals surface area contributed by atoms with Crippen LogP contribution in [-0.2, 0) is 4.79 Å². The number of anilines is 1. The number of nitrogens with zero attached hydrogens (tertiary/aromatic N) is 1. The Morgan fingerprint density at radius 2 is 1.92 bits per heavy atom. The van der Waals surface area contributed by atoms with Crippen molar-refractivity contribution in [3.63, 3.8) is 0 Å². The van der Waals surface area contributed by atoms with Gasteiger partial charge in [-0.05, 0) is 29.9 Å². The van der Waals surface area contributed by atoms with Crippen LogP contribution in [0.3, 0.4) is 0 Å². The maximum atomic E-state index is 13.6. The molecule has 0 unspecified atom stereocenters. The van der Waals surface area contributed by atoms with Crippen LogP contribution in [0, 0.1) is 15.9 Å². The van der Waals surface area contributed by atoms with E-state index in [0.717, 1.165) is 23.8 Å². The van der Waals surface area contributed by atoms with Crippen molar-refractivity contribution >= 4 is 40.7 Å².